The quantitative estimate of drug-likeness (QED) is 0.0838. The van der Waals surface area contributed by atoms with Crippen molar-refractivity contribution in [1.82, 2.24) is 24.9 Å². The first kappa shape index (κ1) is 72.1. The summed E-state index contributed by atoms with van der Waals surface area (Å²) in [5.74, 6) is 7.57. The number of aryl methyl sites for hydroxylation is 2. The smallest absolute Gasteiger partial charge is 0.870 e. The van der Waals surface area contributed by atoms with Crippen LogP contribution in [0, 0.1) is 23.7 Å². The van der Waals surface area contributed by atoms with Gasteiger partial charge in [0.15, 0.2) is 0 Å². The number of hydrogen-bond donors (Lipinski definition) is 6. The van der Waals surface area contributed by atoms with Gasteiger partial charge < -0.3 is 41.7 Å². The topological polar surface area (TPSA) is 338 Å². The predicted molar refractivity (Wildman–Crippen MR) is 275 cm³/mol. The van der Waals surface area contributed by atoms with E-state index in [0.717, 1.165) is 28.8 Å². The van der Waals surface area contributed by atoms with Crippen molar-refractivity contribution in [1.29, 1.82) is 0 Å². The van der Waals surface area contributed by atoms with Crippen molar-refractivity contribution in [2.75, 3.05) is 23.7 Å². The van der Waals surface area contributed by atoms with Gasteiger partial charge in [-0.25, -0.2) is 14.4 Å². The molecule has 0 spiro atoms. The Morgan fingerprint density at radius 1 is 0.662 bits per heavy atom. The van der Waals surface area contributed by atoms with Gasteiger partial charge in [-0.05, 0) is 66.9 Å². The van der Waals surface area contributed by atoms with Crippen LogP contribution in [0.1, 0.15) is 70.1 Å². The van der Waals surface area contributed by atoms with Crippen LogP contribution in [-0.2, 0) is 47.5 Å². The number of ether oxygens (including phenoxy) is 2. The predicted octanol–water partition coefficient (Wildman–Crippen LogP) is 3.86. The van der Waals surface area contributed by atoms with Crippen molar-refractivity contribution in [2.24, 2.45) is 19.8 Å². The number of hydrogen-bond acceptors (Lipinski definition) is 13. The fourth-order valence-electron chi connectivity index (χ4n) is 5.67. The Kier molecular flexibility index (Phi) is 37.2. The molecule has 0 aliphatic heterocycles. The van der Waals surface area contributed by atoms with Crippen LogP contribution in [0.25, 0.3) is 22.3 Å². The molecular formula is C51H60ClLiN8O13. The average Bonchev–Trinajstić information content (AvgIpc) is 3.88. The molecule has 23 heteroatoms. The van der Waals surface area contributed by atoms with Crippen molar-refractivity contribution in [2.45, 2.75) is 47.8 Å². The first-order valence-electron chi connectivity index (χ1n) is 20.4. The van der Waals surface area contributed by atoms with Gasteiger partial charge in [0, 0.05) is 48.2 Å². The zero-order valence-corrected chi connectivity index (χ0v) is 40.7. The number of carbonyl (C=O) groups is 5. The number of carbonyl (C=O) groups excluding carboxylic acids is 5. The maximum Gasteiger partial charge on any atom is 1.00 e. The first-order chi connectivity index (χ1) is 32.6. The van der Waals surface area contributed by atoms with E-state index in [1.807, 2.05) is 67.6 Å². The largest absolute Gasteiger partial charge is 1.00 e. The van der Waals surface area contributed by atoms with E-state index in [-0.39, 0.29) is 63.2 Å². The molecular weight excluding hydrogens is 975 g/mol. The zero-order valence-electron chi connectivity index (χ0n) is 39.9. The van der Waals surface area contributed by atoms with E-state index in [1.165, 1.54) is 4.68 Å². The molecule has 2 aromatic heterocycles. The number of anilines is 2. The van der Waals surface area contributed by atoms with Gasteiger partial charge in [-0.2, -0.15) is 19.8 Å². The summed E-state index contributed by atoms with van der Waals surface area (Å²) >= 11 is 0. The number of aliphatic carboxylic acids is 2. The minimum Gasteiger partial charge on any atom is -0.870 e. The number of aromatic nitrogens is 4. The van der Waals surface area contributed by atoms with Gasteiger partial charge in [0.2, 0.25) is 0 Å². The van der Waals surface area contributed by atoms with Gasteiger partial charge in [0.05, 0.1) is 12.4 Å². The maximum absolute atomic E-state index is 12.5. The minimum absolute atomic E-state index is 0. The van der Waals surface area contributed by atoms with Crippen molar-refractivity contribution < 1.29 is 83.1 Å². The van der Waals surface area contributed by atoms with E-state index in [1.54, 1.807) is 93.5 Å². The third-order valence-electron chi connectivity index (χ3n) is 8.85. The molecule has 10 N–H and O–H groups in total. The van der Waals surface area contributed by atoms with E-state index in [2.05, 4.69) is 49.8 Å². The molecule has 0 aliphatic rings. The fourth-order valence-corrected chi connectivity index (χ4v) is 5.67. The van der Waals surface area contributed by atoms with Crippen LogP contribution in [0.5, 0.6) is 0 Å². The molecule has 0 aliphatic carbocycles. The van der Waals surface area contributed by atoms with Gasteiger partial charge in [0.25, 0.3) is 5.91 Å². The average molecular weight is 1040 g/mol. The number of carboxylic acids is 2. The Bertz CT molecular complexity index is 2800. The maximum atomic E-state index is 12.5. The van der Waals surface area contributed by atoms with Crippen LogP contribution in [-0.4, -0.2) is 90.0 Å². The summed E-state index contributed by atoms with van der Waals surface area (Å²) in [5, 5.41) is 33.3. The van der Waals surface area contributed by atoms with Crippen molar-refractivity contribution in [3.63, 3.8) is 0 Å². The van der Waals surface area contributed by atoms with Crippen LogP contribution < -0.4 is 40.5 Å². The van der Waals surface area contributed by atoms with Gasteiger partial charge in [-0.15, -0.1) is 12.4 Å². The Morgan fingerprint density at radius 3 is 1.32 bits per heavy atom. The van der Waals surface area contributed by atoms with Gasteiger partial charge in [-0.1, -0.05) is 119 Å². The third-order valence-corrected chi connectivity index (χ3v) is 8.85. The van der Waals surface area contributed by atoms with Crippen LogP contribution in [0.2, 0.25) is 0 Å². The summed E-state index contributed by atoms with van der Waals surface area (Å²) in [5.41, 5.74) is 10.7. The van der Waals surface area contributed by atoms with Crippen molar-refractivity contribution in [3.05, 3.63) is 144 Å². The normalized spacial score (nSPS) is 9.59. The molecule has 390 valence electrons. The molecule has 74 heavy (non-hydrogen) atoms. The number of nitrogens with zero attached hydrogens (tertiary/aromatic N) is 4. The van der Waals surface area contributed by atoms with Crippen LogP contribution in [0.4, 0.5) is 21.2 Å². The summed E-state index contributed by atoms with van der Waals surface area (Å²) in [4.78, 5) is 73.6. The molecule has 6 aromatic rings. The number of rotatable bonds is 10. The van der Waals surface area contributed by atoms with Crippen molar-refractivity contribution in [3.8, 4) is 45.9 Å². The van der Waals surface area contributed by atoms with Crippen molar-refractivity contribution >= 4 is 60.2 Å². The molecule has 4 aromatic carbocycles. The Morgan fingerprint density at radius 2 is 1.00 bits per heavy atom. The SMILES string of the molecule is C.C.CCN.C[C@@H](OC(=O)Nc1c(-c2ccc(C#CC(=O)NCC(=O)O)cc2)cnn1C)c1ccccc1.C[C@@H](OC(=O)Nc1c(-c2ccc(C#CC(=O)O)cc2)cnn1C)c1ccccc1.Cl.O.O=C=O.[Li+].[OH-]. The molecule has 21 nitrogen and oxygen atoms in total. The molecule has 0 bridgehead atoms. The molecule has 0 fully saturated rings. The number of carboxylic acid groups (broad SMARTS) is 2. The Balaban J connectivity index is -0.000000560. The van der Waals surface area contributed by atoms with E-state index >= 15 is 0 Å². The molecule has 0 unspecified atom stereocenters. The molecule has 2 heterocycles. The Hall–Kier alpha value is -8.48. The summed E-state index contributed by atoms with van der Waals surface area (Å²) < 4.78 is 14.0. The number of nitrogens with two attached hydrogens (primary N) is 1. The summed E-state index contributed by atoms with van der Waals surface area (Å²) in [6, 6.07) is 32.8. The summed E-state index contributed by atoms with van der Waals surface area (Å²) in [7, 11) is 3.42. The first-order valence-corrected chi connectivity index (χ1v) is 20.4. The molecule has 0 saturated heterocycles. The Labute approximate surface area is 447 Å². The number of amides is 3. The van der Waals surface area contributed by atoms with Crippen LogP contribution >= 0.6 is 12.4 Å². The molecule has 3 amide bonds. The summed E-state index contributed by atoms with van der Waals surface area (Å²) in [6.07, 6.45) is 1.49. The molecule has 0 radical (unpaired) electrons. The summed E-state index contributed by atoms with van der Waals surface area (Å²) in [6.45, 7) is 5.76. The van der Waals surface area contributed by atoms with E-state index in [9.17, 15) is 24.0 Å². The van der Waals surface area contributed by atoms with Gasteiger partial charge in [0.1, 0.15) is 30.4 Å². The second kappa shape index (κ2) is 38.2. The number of benzene rings is 4. The fraction of sp³-hybridized carbons (Fsp3) is 0.216. The minimum atomic E-state index is -1.18. The standard InChI is InChI=1S/C24H22N4O5.C22H19N3O4.C2H7N.CO2.2CH4.ClH.Li.2H2O/c1-16(18-6-4-3-5-7-18)33-24(32)27-23-20(14-26-28(23)2)19-11-8-17(9-12-19)10-13-21(29)25-15-22(30)31;1-15(17-6-4-3-5-7-17)29-22(28)24-21-19(14-23-25(21)2)18-11-8-16(9-12-18)10-13-20(26)27;1-2-3;2-1-3;;;;;;/h3-9,11-12,14,16H,15H2,1-2H3,(H,25,29)(H,27,32)(H,30,31);3-9,11-12,14-15H,1-2H3,(H,24,28)(H,26,27);2-3H2,1H3;;2*1H4;1H;;2*1H2/q;;;;;;;+1;;/p-1/t16-;15-;;;;;;;;/m11......../s1. The molecule has 6 rings (SSSR count). The van der Waals surface area contributed by atoms with Gasteiger partial charge in [-0.3, -0.25) is 29.6 Å². The second-order valence-corrected chi connectivity index (χ2v) is 13.8. The van der Waals surface area contributed by atoms with E-state index in [4.69, 9.17) is 35.0 Å². The molecule has 0 saturated carbocycles. The zero-order chi connectivity index (χ0) is 50.0. The number of nitrogens with one attached hydrogen (secondary N) is 3. The van der Waals surface area contributed by atoms with Crippen LogP contribution in [0.15, 0.2) is 122 Å². The van der Waals surface area contributed by atoms with Gasteiger partial charge >= 0.3 is 49.1 Å². The third kappa shape index (κ3) is 24.6. The number of halogens is 1. The monoisotopic (exact) mass is 1030 g/mol. The van der Waals surface area contributed by atoms with Crippen LogP contribution in [0.3, 0.4) is 0 Å². The van der Waals surface area contributed by atoms with E-state index < -0.39 is 48.8 Å². The molecule has 2 atom stereocenters. The second-order valence-electron chi connectivity index (χ2n) is 13.8. The van der Waals surface area contributed by atoms with E-state index in [0.29, 0.717) is 33.9 Å².